The number of hydrogen-bond acceptors (Lipinski definition) is 3. The monoisotopic (exact) mass is 264 g/mol. The van der Waals surface area contributed by atoms with Crippen LogP contribution >= 0.6 is 0 Å². The van der Waals surface area contributed by atoms with Gasteiger partial charge in [0.15, 0.2) is 0 Å². The van der Waals surface area contributed by atoms with Gasteiger partial charge < -0.3 is 19.7 Å². The maximum absolute atomic E-state index is 11.7. The molecule has 2 N–H and O–H groups in total. The van der Waals surface area contributed by atoms with Crippen LogP contribution in [0.4, 0.5) is 4.79 Å². The van der Waals surface area contributed by atoms with E-state index in [1.54, 1.807) is 6.92 Å². The number of carboxylic acids is 1. The molecule has 0 unspecified atom stereocenters. The highest BCUT2D eigenvalue weighted by Gasteiger charge is 2.15. The van der Waals surface area contributed by atoms with Crippen molar-refractivity contribution in [1.29, 1.82) is 0 Å². The number of urea groups is 1. The summed E-state index contributed by atoms with van der Waals surface area (Å²) in [4.78, 5) is 24.0. The highest BCUT2D eigenvalue weighted by atomic mass is 16.4. The van der Waals surface area contributed by atoms with Gasteiger partial charge >= 0.3 is 12.0 Å². The zero-order chi connectivity index (χ0) is 14.4. The van der Waals surface area contributed by atoms with Crippen molar-refractivity contribution in [2.45, 2.75) is 20.4 Å². The van der Waals surface area contributed by atoms with Gasteiger partial charge in [0, 0.05) is 6.54 Å². The van der Waals surface area contributed by atoms with Crippen molar-refractivity contribution in [3.63, 3.8) is 0 Å². The first kappa shape index (κ1) is 14.6. The number of carbonyl (C=O) groups is 2. The molecule has 1 aromatic heterocycles. The Morgan fingerprint density at radius 3 is 2.74 bits per heavy atom. The molecule has 0 aliphatic carbocycles. The molecular formula is C13H16N2O4. The minimum absolute atomic E-state index is 0.0974. The lowest BCUT2D eigenvalue weighted by Crippen LogP contribution is -2.39. The Bertz CT molecular complexity index is 513. The molecule has 102 valence electrons. The van der Waals surface area contributed by atoms with E-state index < -0.39 is 5.97 Å². The molecule has 0 saturated carbocycles. The van der Waals surface area contributed by atoms with E-state index in [2.05, 4.69) is 11.2 Å². The number of aromatic carboxylic acids is 1. The Balaban J connectivity index is 2.62. The van der Waals surface area contributed by atoms with Gasteiger partial charge in [0.2, 0.25) is 0 Å². The van der Waals surface area contributed by atoms with Gasteiger partial charge in [-0.1, -0.05) is 5.92 Å². The predicted octanol–water partition coefficient (Wildman–Crippen LogP) is 1.45. The van der Waals surface area contributed by atoms with Crippen molar-refractivity contribution in [2.75, 3.05) is 13.1 Å². The van der Waals surface area contributed by atoms with Gasteiger partial charge in [0.05, 0.1) is 13.1 Å². The number of nitrogens with zero attached hydrogens (tertiary/aromatic N) is 1. The molecule has 0 aliphatic heterocycles. The molecule has 2 amide bonds. The van der Waals surface area contributed by atoms with Gasteiger partial charge in [-0.05, 0) is 19.9 Å². The highest BCUT2D eigenvalue weighted by molar-refractivity contribution is 5.88. The third-order valence-electron chi connectivity index (χ3n) is 2.56. The summed E-state index contributed by atoms with van der Waals surface area (Å²) >= 11 is 0. The van der Waals surface area contributed by atoms with Gasteiger partial charge in [-0.25, -0.2) is 9.59 Å². The van der Waals surface area contributed by atoms with Crippen LogP contribution in [0.15, 0.2) is 10.5 Å². The summed E-state index contributed by atoms with van der Waals surface area (Å²) in [6.07, 6.45) is 5.15. The standard InChI is InChI=1S/C13H16N2O4/c1-4-6-15(5-2)13(18)14-8-10-7-11(12(16)17)9(3)19-10/h1,7H,5-6,8H2,2-3H3,(H,14,18)(H,16,17). The Morgan fingerprint density at radius 2 is 2.26 bits per heavy atom. The van der Waals surface area contributed by atoms with E-state index >= 15 is 0 Å². The summed E-state index contributed by atoms with van der Waals surface area (Å²) < 4.78 is 5.25. The zero-order valence-corrected chi connectivity index (χ0v) is 10.9. The quantitative estimate of drug-likeness (QED) is 0.788. The van der Waals surface area contributed by atoms with Crippen molar-refractivity contribution in [3.8, 4) is 12.3 Å². The molecule has 1 heterocycles. The largest absolute Gasteiger partial charge is 0.478 e. The average Bonchev–Trinajstić information content (AvgIpc) is 2.74. The first-order valence-corrected chi connectivity index (χ1v) is 5.78. The zero-order valence-electron chi connectivity index (χ0n) is 10.9. The molecule has 0 radical (unpaired) electrons. The van der Waals surface area contributed by atoms with Crippen molar-refractivity contribution in [3.05, 3.63) is 23.2 Å². The van der Waals surface area contributed by atoms with Crippen LogP contribution < -0.4 is 5.32 Å². The number of amides is 2. The van der Waals surface area contributed by atoms with Gasteiger partial charge in [0.1, 0.15) is 17.1 Å². The van der Waals surface area contributed by atoms with Crippen molar-refractivity contribution in [2.24, 2.45) is 0 Å². The van der Waals surface area contributed by atoms with Crippen molar-refractivity contribution < 1.29 is 19.1 Å². The normalized spacial score (nSPS) is 9.74. The van der Waals surface area contributed by atoms with Crippen molar-refractivity contribution in [1.82, 2.24) is 10.2 Å². The topological polar surface area (TPSA) is 82.8 Å². The Kier molecular flexibility index (Phi) is 5.01. The molecule has 0 aromatic carbocycles. The van der Waals surface area contributed by atoms with E-state index in [1.165, 1.54) is 11.0 Å². The molecule has 19 heavy (non-hydrogen) atoms. The van der Waals surface area contributed by atoms with Crippen LogP contribution in [0.25, 0.3) is 0 Å². The Hall–Kier alpha value is -2.42. The fraction of sp³-hybridized carbons (Fsp3) is 0.385. The number of carboxylic acid groups (broad SMARTS) is 1. The number of hydrogen-bond donors (Lipinski definition) is 2. The molecule has 0 bridgehead atoms. The van der Waals surface area contributed by atoms with Crippen molar-refractivity contribution >= 4 is 12.0 Å². The van der Waals surface area contributed by atoms with Crippen LogP contribution in [-0.2, 0) is 6.54 Å². The second-order valence-corrected chi connectivity index (χ2v) is 3.86. The molecule has 0 saturated heterocycles. The predicted molar refractivity (Wildman–Crippen MR) is 68.7 cm³/mol. The highest BCUT2D eigenvalue weighted by Crippen LogP contribution is 2.14. The molecule has 0 fully saturated rings. The van der Waals surface area contributed by atoms with E-state index in [0.717, 1.165) is 0 Å². The molecule has 0 spiro atoms. The number of carbonyl (C=O) groups excluding carboxylic acids is 1. The van der Waals surface area contributed by atoms with Crippen LogP contribution in [0, 0.1) is 19.3 Å². The third kappa shape index (κ3) is 3.78. The molecule has 1 aromatic rings. The van der Waals surface area contributed by atoms with Gasteiger partial charge in [-0.3, -0.25) is 0 Å². The van der Waals surface area contributed by atoms with Gasteiger partial charge in [0.25, 0.3) is 0 Å². The lowest BCUT2D eigenvalue weighted by molar-refractivity contribution is 0.0695. The minimum atomic E-state index is -1.05. The summed E-state index contributed by atoms with van der Waals surface area (Å²) in [5.74, 6) is 2.04. The maximum Gasteiger partial charge on any atom is 0.339 e. The molecule has 6 nitrogen and oxygen atoms in total. The van der Waals surface area contributed by atoms with E-state index in [1.807, 2.05) is 6.92 Å². The number of nitrogens with one attached hydrogen (secondary N) is 1. The summed E-state index contributed by atoms with van der Waals surface area (Å²) in [5.41, 5.74) is 0.0974. The molecule has 6 heteroatoms. The van der Waals surface area contributed by atoms with Crippen LogP contribution in [0.5, 0.6) is 0 Å². The second-order valence-electron chi connectivity index (χ2n) is 3.86. The fourth-order valence-electron chi connectivity index (χ4n) is 1.56. The smallest absolute Gasteiger partial charge is 0.339 e. The van der Waals surface area contributed by atoms with E-state index in [0.29, 0.717) is 18.1 Å². The third-order valence-corrected chi connectivity index (χ3v) is 2.56. The molecule has 0 aliphatic rings. The molecule has 1 rings (SSSR count). The second kappa shape index (κ2) is 6.50. The number of furan rings is 1. The molecule has 0 atom stereocenters. The van der Waals surface area contributed by atoms with Crippen LogP contribution in [0.1, 0.15) is 28.8 Å². The Labute approximate surface area is 111 Å². The SMILES string of the molecule is C#CCN(CC)C(=O)NCc1cc(C(=O)O)c(C)o1. The first-order valence-electron chi connectivity index (χ1n) is 5.78. The first-order chi connectivity index (χ1) is 8.99. The number of aryl methyl sites for hydroxylation is 1. The van der Waals surface area contributed by atoms with Crippen LogP contribution in [0.3, 0.4) is 0 Å². The number of rotatable bonds is 5. The van der Waals surface area contributed by atoms with Crippen LogP contribution in [0.2, 0.25) is 0 Å². The average molecular weight is 264 g/mol. The number of terminal acetylenes is 1. The summed E-state index contributed by atoms with van der Waals surface area (Å²) in [6, 6.07) is 1.08. The van der Waals surface area contributed by atoms with E-state index in [-0.39, 0.29) is 24.7 Å². The summed E-state index contributed by atoms with van der Waals surface area (Å²) in [7, 11) is 0. The van der Waals surface area contributed by atoms with E-state index in [9.17, 15) is 9.59 Å². The maximum atomic E-state index is 11.7. The fourth-order valence-corrected chi connectivity index (χ4v) is 1.56. The summed E-state index contributed by atoms with van der Waals surface area (Å²) in [6.45, 7) is 4.21. The van der Waals surface area contributed by atoms with E-state index in [4.69, 9.17) is 15.9 Å². The summed E-state index contributed by atoms with van der Waals surface area (Å²) in [5, 5.41) is 11.5. The van der Waals surface area contributed by atoms with Gasteiger partial charge in [-0.2, -0.15) is 0 Å². The van der Waals surface area contributed by atoms with Gasteiger partial charge in [-0.15, -0.1) is 6.42 Å². The Morgan fingerprint density at radius 1 is 1.58 bits per heavy atom. The minimum Gasteiger partial charge on any atom is -0.478 e. The van der Waals surface area contributed by atoms with Crippen LogP contribution in [-0.4, -0.2) is 35.1 Å². The molecular weight excluding hydrogens is 248 g/mol. The lowest BCUT2D eigenvalue weighted by atomic mass is 10.2. The lowest BCUT2D eigenvalue weighted by Gasteiger charge is -2.17.